The molecule has 1 nitrogen and oxygen atoms in total. The van der Waals surface area contributed by atoms with Gasteiger partial charge in [-0.1, -0.05) is 51.2 Å². The molecule has 0 heterocycles. The Morgan fingerprint density at radius 2 is 1.33 bits per heavy atom. The molecule has 0 saturated carbocycles. The molecule has 0 saturated heterocycles. The molecule has 18 heavy (non-hydrogen) atoms. The molecule has 0 spiro atoms. The molecule has 0 aromatic rings. The van der Waals surface area contributed by atoms with E-state index >= 15 is 0 Å². The van der Waals surface area contributed by atoms with E-state index in [-0.39, 0.29) is 6.42 Å². The molecule has 0 N–H and O–H groups in total. The maximum atomic E-state index is 11.9. The minimum Gasteiger partial charge on any atom is -0.385 e. The van der Waals surface area contributed by atoms with Crippen LogP contribution < -0.4 is 0 Å². The molecular weight excluding hydrogens is 275 g/mol. The van der Waals surface area contributed by atoms with Crippen molar-refractivity contribution in [2.45, 2.75) is 44.9 Å². The van der Waals surface area contributed by atoms with Crippen LogP contribution in [0.2, 0.25) is 0 Å². The number of allylic oxidation sites excluding steroid dienone is 1. The first-order valence-electron chi connectivity index (χ1n) is 5.95. The topological polar surface area (TPSA) is 9.23 Å². The molecule has 0 amide bonds. The molecule has 0 aliphatic heterocycles. The first kappa shape index (κ1) is 17.7. The van der Waals surface area contributed by atoms with Crippen molar-refractivity contribution >= 4 is 10.2 Å². The molecule has 0 aliphatic rings. The van der Waals surface area contributed by atoms with E-state index in [9.17, 15) is 19.4 Å². The highest BCUT2D eigenvalue weighted by Crippen LogP contribution is 2.98. The van der Waals surface area contributed by atoms with Crippen molar-refractivity contribution in [3.63, 3.8) is 0 Å². The lowest BCUT2D eigenvalue weighted by molar-refractivity contribution is 0.192. The second kappa shape index (κ2) is 6.23. The molecule has 0 bridgehead atoms. The van der Waals surface area contributed by atoms with E-state index in [1.165, 1.54) is 0 Å². The van der Waals surface area contributed by atoms with Gasteiger partial charge in [-0.3, -0.25) is 0 Å². The fourth-order valence-electron chi connectivity index (χ4n) is 1.47. The fraction of sp³-hybridized carbons (Fsp3) is 0.818. The van der Waals surface area contributed by atoms with Crippen LogP contribution in [-0.2, 0) is 4.74 Å². The SMILES string of the molecule is COCCCCCCCCC=CS(F)(F)(F)(F)F. The average molecular weight is 296 g/mol. The molecule has 0 rings (SSSR count). The Hall–Kier alpha value is -0.300. The fourth-order valence-corrected chi connectivity index (χ4v) is 1.97. The average Bonchev–Trinajstić information content (AvgIpc) is 2.17. The van der Waals surface area contributed by atoms with Gasteiger partial charge >= 0.3 is 10.2 Å². The van der Waals surface area contributed by atoms with Crippen LogP contribution in [-0.4, -0.2) is 13.7 Å². The number of methoxy groups -OCH3 is 1. The number of hydrogen-bond acceptors (Lipinski definition) is 1. The van der Waals surface area contributed by atoms with Gasteiger partial charge < -0.3 is 4.74 Å². The van der Waals surface area contributed by atoms with Crippen LogP contribution >= 0.6 is 10.2 Å². The zero-order valence-corrected chi connectivity index (χ0v) is 11.3. The molecule has 0 aliphatic carbocycles. The first-order valence-corrected chi connectivity index (χ1v) is 7.96. The number of unbranched alkanes of at least 4 members (excludes halogenated alkanes) is 6. The zero-order valence-electron chi connectivity index (χ0n) is 10.5. The Morgan fingerprint density at radius 1 is 0.833 bits per heavy atom. The number of rotatable bonds is 10. The van der Waals surface area contributed by atoms with Crippen LogP contribution in [0, 0.1) is 0 Å². The lowest BCUT2D eigenvalue weighted by Gasteiger charge is -2.36. The van der Waals surface area contributed by atoms with E-state index in [0.29, 0.717) is 19.1 Å². The highest BCUT2D eigenvalue weighted by molar-refractivity contribution is 8.48. The van der Waals surface area contributed by atoms with Gasteiger partial charge in [-0.25, -0.2) is 0 Å². The van der Waals surface area contributed by atoms with Crippen molar-refractivity contribution in [3.05, 3.63) is 11.5 Å². The predicted octanol–water partition coefficient (Wildman–Crippen LogP) is 6.18. The van der Waals surface area contributed by atoms with E-state index < -0.39 is 15.6 Å². The molecule has 0 fully saturated rings. The summed E-state index contributed by atoms with van der Waals surface area (Å²) in [5.41, 5.74) is 0. The van der Waals surface area contributed by atoms with Crippen molar-refractivity contribution in [1.29, 1.82) is 0 Å². The summed E-state index contributed by atoms with van der Waals surface area (Å²) >= 11 is 0. The van der Waals surface area contributed by atoms with E-state index in [1.54, 1.807) is 7.11 Å². The second-order valence-corrected chi connectivity index (χ2v) is 6.63. The maximum Gasteiger partial charge on any atom is 0.304 e. The van der Waals surface area contributed by atoms with Gasteiger partial charge in [0, 0.05) is 13.7 Å². The summed E-state index contributed by atoms with van der Waals surface area (Å²) in [7, 11) is -7.70. The van der Waals surface area contributed by atoms with Gasteiger partial charge in [0.05, 0.1) is 5.41 Å². The molecule has 0 atom stereocenters. The van der Waals surface area contributed by atoms with Crippen LogP contribution in [0.5, 0.6) is 0 Å². The molecule has 0 aromatic carbocycles. The third-order valence-corrected chi connectivity index (χ3v) is 3.03. The smallest absolute Gasteiger partial charge is 0.304 e. The number of ether oxygens (including phenoxy) is 1. The molecule has 0 aromatic heterocycles. The van der Waals surface area contributed by atoms with E-state index in [4.69, 9.17) is 4.74 Å². The van der Waals surface area contributed by atoms with Crippen molar-refractivity contribution < 1.29 is 24.2 Å². The standard InChI is InChI=1S/C11H21F5OS/c1-17-10-8-6-4-2-3-5-7-9-11-18(12,13,14,15)16/h9,11H,2-8,10H2,1H3. The van der Waals surface area contributed by atoms with Gasteiger partial charge in [-0.05, 0) is 19.3 Å². The van der Waals surface area contributed by atoms with Gasteiger partial charge in [0.2, 0.25) is 0 Å². The lowest BCUT2D eigenvalue weighted by Crippen LogP contribution is -1.98. The van der Waals surface area contributed by atoms with Crippen LogP contribution in [0.1, 0.15) is 44.9 Å². The lowest BCUT2D eigenvalue weighted by atomic mass is 10.1. The van der Waals surface area contributed by atoms with Gasteiger partial charge in [0.15, 0.2) is 0 Å². The highest BCUT2D eigenvalue weighted by Gasteiger charge is 2.60. The molecule has 112 valence electrons. The second-order valence-electron chi connectivity index (χ2n) is 4.30. The Morgan fingerprint density at radius 3 is 1.83 bits per heavy atom. The summed E-state index contributed by atoms with van der Waals surface area (Å²) in [5.74, 6) is 0. The number of halogens is 5. The Labute approximate surface area is 105 Å². The van der Waals surface area contributed by atoms with E-state index in [1.807, 2.05) is 0 Å². The normalized spacial score (nSPS) is 16.8. The largest absolute Gasteiger partial charge is 0.385 e. The quantitative estimate of drug-likeness (QED) is 0.346. The summed E-state index contributed by atoms with van der Waals surface area (Å²) in [6, 6.07) is 0. The van der Waals surface area contributed by atoms with Crippen LogP contribution in [0.25, 0.3) is 0 Å². The Kier molecular flexibility index (Phi) is 6.13. The number of hydrogen-bond donors (Lipinski definition) is 0. The Bertz CT molecular complexity index is 258. The predicted molar refractivity (Wildman–Crippen MR) is 66.5 cm³/mol. The van der Waals surface area contributed by atoms with Crippen LogP contribution in [0.15, 0.2) is 11.5 Å². The molecule has 0 unspecified atom stereocenters. The van der Waals surface area contributed by atoms with E-state index in [0.717, 1.165) is 32.1 Å². The van der Waals surface area contributed by atoms with Crippen molar-refractivity contribution in [1.82, 2.24) is 0 Å². The third kappa shape index (κ3) is 15.7. The van der Waals surface area contributed by atoms with Crippen molar-refractivity contribution in [2.75, 3.05) is 13.7 Å². The summed E-state index contributed by atoms with van der Waals surface area (Å²) < 4.78 is 64.2. The molecule has 7 heteroatoms. The summed E-state index contributed by atoms with van der Waals surface area (Å²) in [6.07, 6.45) is 5.75. The van der Waals surface area contributed by atoms with Crippen molar-refractivity contribution in [2.24, 2.45) is 0 Å². The first-order chi connectivity index (χ1) is 8.04. The minimum atomic E-state index is -9.33. The van der Waals surface area contributed by atoms with Gasteiger partial charge in [-0.15, -0.1) is 0 Å². The van der Waals surface area contributed by atoms with Crippen molar-refractivity contribution in [3.8, 4) is 0 Å². The maximum absolute atomic E-state index is 11.9. The monoisotopic (exact) mass is 296 g/mol. The van der Waals surface area contributed by atoms with Gasteiger partial charge in [-0.2, -0.15) is 0 Å². The third-order valence-electron chi connectivity index (χ3n) is 2.32. The van der Waals surface area contributed by atoms with E-state index in [2.05, 4.69) is 0 Å². The highest BCUT2D eigenvalue weighted by atomic mass is 32.5. The van der Waals surface area contributed by atoms with Gasteiger partial charge in [0.1, 0.15) is 0 Å². The summed E-state index contributed by atoms with van der Waals surface area (Å²) in [4.78, 5) is 0. The molecular formula is C11H21F5OS. The molecule has 0 radical (unpaired) electrons. The zero-order chi connectivity index (χ0) is 14.2. The Balaban J connectivity index is 3.50. The minimum absolute atomic E-state index is 0.0453. The van der Waals surface area contributed by atoms with Crippen LogP contribution in [0.4, 0.5) is 19.4 Å². The summed E-state index contributed by atoms with van der Waals surface area (Å²) in [5, 5.41) is -0.849. The van der Waals surface area contributed by atoms with Crippen LogP contribution in [0.3, 0.4) is 0 Å². The van der Waals surface area contributed by atoms with Gasteiger partial charge in [0.25, 0.3) is 0 Å². The summed E-state index contributed by atoms with van der Waals surface area (Å²) in [6.45, 7) is 0.715.